The van der Waals surface area contributed by atoms with Gasteiger partial charge in [0, 0.05) is 13.1 Å². The van der Waals surface area contributed by atoms with Crippen LogP contribution in [0.1, 0.15) is 47.7 Å². The fourth-order valence-electron chi connectivity index (χ4n) is 3.65. The molecule has 3 aromatic carbocycles. The van der Waals surface area contributed by atoms with Crippen LogP contribution in [-0.4, -0.2) is 29.1 Å². The molecule has 0 fully saturated rings. The lowest BCUT2D eigenvalue weighted by molar-refractivity contribution is 0.0697. The average molecular weight is 402 g/mol. The van der Waals surface area contributed by atoms with Gasteiger partial charge in [-0.3, -0.25) is 4.90 Å². The summed E-state index contributed by atoms with van der Waals surface area (Å²) >= 11 is 0. The van der Waals surface area contributed by atoms with Crippen LogP contribution in [0.15, 0.2) is 78.9 Å². The Morgan fingerprint density at radius 1 is 0.767 bits per heavy atom. The van der Waals surface area contributed by atoms with E-state index in [0.29, 0.717) is 5.56 Å². The van der Waals surface area contributed by atoms with Crippen molar-refractivity contribution in [2.45, 2.75) is 39.2 Å². The lowest BCUT2D eigenvalue weighted by Crippen LogP contribution is -2.27. The fraction of sp³-hybridized carbons (Fsp3) is 0.296. The fourth-order valence-corrected chi connectivity index (χ4v) is 3.65. The van der Waals surface area contributed by atoms with Crippen molar-refractivity contribution in [2.24, 2.45) is 0 Å². The molecule has 0 aromatic heterocycles. The lowest BCUT2D eigenvalue weighted by atomic mass is 10.0. The molecular weight excluding hydrogens is 370 g/mol. The van der Waals surface area contributed by atoms with Crippen molar-refractivity contribution in [3.05, 3.63) is 95.6 Å². The second-order valence-electron chi connectivity index (χ2n) is 7.80. The van der Waals surface area contributed by atoms with Crippen molar-refractivity contribution >= 4 is 5.97 Å². The van der Waals surface area contributed by atoms with Crippen molar-refractivity contribution in [1.82, 2.24) is 4.90 Å². The van der Waals surface area contributed by atoms with Gasteiger partial charge < -0.3 is 5.11 Å². The Kier molecular flexibility index (Phi) is 8.22. The number of unbranched alkanes of at least 4 members (excludes halogenated alkanes) is 2. The van der Waals surface area contributed by atoms with Crippen molar-refractivity contribution in [2.75, 3.05) is 13.1 Å². The molecular formula is C27H31NO2. The van der Waals surface area contributed by atoms with Gasteiger partial charge in [-0.25, -0.2) is 4.79 Å². The predicted octanol–water partition coefficient (Wildman–Crippen LogP) is 6.29. The molecule has 3 nitrogen and oxygen atoms in total. The Labute approximate surface area is 180 Å². The Hall–Kier alpha value is -2.91. The number of nitrogens with zero attached hydrogens (tertiary/aromatic N) is 1. The van der Waals surface area contributed by atoms with Gasteiger partial charge in [0.05, 0.1) is 5.56 Å². The van der Waals surface area contributed by atoms with Gasteiger partial charge >= 0.3 is 5.97 Å². The summed E-state index contributed by atoms with van der Waals surface area (Å²) in [6.45, 7) is 5.38. The number of carboxylic acids is 1. The largest absolute Gasteiger partial charge is 0.478 e. The normalized spacial score (nSPS) is 11.0. The molecule has 0 amide bonds. The van der Waals surface area contributed by atoms with E-state index in [2.05, 4.69) is 66.4 Å². The summed E-state index contributed by atoms with van der Waals surface area (Å²) in [5, 5.41) is 9.06. The number of carbonyl (C=O) groups is 1. The quantitative estimate of drug-likeness (QED) is 0.384. The van der Waals surface area contributed by atoms with Crippen molar-refractivity contribution in [3.63, 3.8) is 0 Å². The van der Waals surface area contributed by atoms with Crippen LogP contribution >= 0.6 is 0 Å². The molecule has 0 aliphatic carbocycles. The smallest absolute Gasteiger partial charge is 0.335 e. The van der Waals surface area contributed by atoms with Crippen molar-refractivity contribution in [1.29, 1.82) is 0 Å². The summed E-state index contributed by atoms with van der Waals surface area (Å²) in [5.74, 6) is -0.893. The van der Waals surface area contributed by atoms with Crippen LogP contribution in [0, 0.1) is 0 Å². The van der Waals surface area contributed by atoms with E-state index in [1.54, 1.807) is 12.1 Å². The number of hydrogen-bond acceptors (Lipinski definition) is 2. The maximum atomic E-state index is 11.0. The summed E-state index contributed by atoms with van der Waals surface area (Å²) in [6.07, 6.45) is 4.81. The minimum Gasteiger partial charge on any atom is -0.478 e. The number of carboxylic acid groups (broad SMARTS) is 1. The summed E-state index contributed by atoms with van der Waals surface area (Å²) in [4.78, 5) is 13.6. The molecule has 0 saturated heterocycles. The van der Waals surface area contributed by atoms with Crippen molar-refractivity contribution < 1.29 is 9.90 Å². The summed E-state index contributed by atoms with van der Waals surface area (Å²) in [7, 11) is 0. The lowest BCUT2D eigenvalue weighted by Gasteiger charge is -2.22. The molecule has 0 atom stereocenters. The third-order valence-electron chi connectivity index (χ3n) is 5.46. The highest BCUT2D eigenvalue weighted by Gasteiger charge is 2.08. The highest BCUT2D eigenvalue weighted by atomic mass is 16.4. The Morgan fingerprint density at radius 3 is 2.00 bits per heavy atom. The molecule has 3 aromatic rings. The van der Waals surface area contributed by atoms with Crippen LogP contribution in [0.25, 0.3) is 11.1 Å². The van der Waals surface area contributed by atoms with Gasteiger partial charge in [-0.2, -0.15) is 0 Å². The van der Waals surface area contributed by atoms with E-state index in [9.17, 15) is 4.79 Å². The zero-order valence-corrected chi connectivity index (χ0v) is 17.8. The van der Waals surface area contributed by atoms with Gasteiger partial charge in [0.25, 0.3) is 0 Å². The van der Waals surface area contributed by atoms with E-state index in [1.807, 2.05) is 12.1 Å². The Balaban J connectivity index is 1.63. The monoisotopic (exact) mass is 401 g/mol. The molecule has 0 aliphatic heterocycles. The summed E-state index contributed by atoms with van der Waals surface area (Å²) in [5.41, 5.74) is 5.16. The maximum Gasteiger partial charge on any atom is 0.335 e. The van der Waals surface area contributed by atoms with Crippen LogP contribution in [0.5, 0.6) is 0 Å². The molecule has 0 bridgehead atoms. The first-order chi connectivity index (χ1) is 14.7. The van der Waals surface area contributed by atoms with E-state index in [4.69, 9.17) is 5.11 Å². The van der Waals surface area contributed by atoms with Gasteiger partial charge in [-0.05, 0) is 53.8 Å². The number of rotatable bonds is 11. The Morgan fingerprint density at radius 2 is 1.40 bits per heavy atom. The zero-order valence-electron chi connectivity index (χ0n) is 17.8. The van der Waals surface area contributed by atoms with E-state index in [-0.39, 0.29) is 0 Å². The van der Waals surface area contributed by atoms with E-state index in [1.165, 1.54) is 30.4 Å². The van der Waals surface area contributed by atoms with Gasteiger partial charge in [0.15, 0.2) is 0 Å². The first-order valence-corrected chi connectivity index (χ1v) is 10.8. The van der Waals surface area contributed by atoms with Gasteiger partial charge in [-0.1, -0.05) is 86.5 Å². The second-order valence-corrected chi connectivity index (χ2v) is 7.80. The first kappa shape index (κ1) is 21.8. The molecule has 3 heteroatoms. The third kappa shape index (κ3) is 6.57. The van der Waals surface area contributed by atoms with Crippen LogP contribution in [0.2, 0.25) is 0 Å². The molecule has 0 saturated carbocycles. The predicted molar refractivity (Wildman–Crippen MR) is 124 cm³/mol. The summed E-state index contributed by atoms with van der Waals surface area (Å²) < 4.78 is 0. The van der Waals surface area contributed by atoms with Gasteiger partial charge in [0.1, 0.15) is 0 Å². The van der Waals surface area contributed by atoms with Crippen LogP contribution in [0.4, 0.5) is 0 Å². The molecule has 0 radical (unpaired) electrons. The van der Waals surface area contributed by atoms with Crippen molar-refractivity contribution in [3.8, 4) is 11.1 Å². The molecule has 0 spiro atoms. The van der Waals surface area contributed by atoms with Crippen LogP contribution in [-0.2, 0) is 13.0 Å². The number of benzene rings is 3. The molecule has 1 N–H and O–H groups in total. The first-order valence-electron chi connectivity index (χ1n) is 10.8. The van der Waals surface area contributed by atoms with E-state index >= 15 is 0 Å². The van der Waals surface area contributed by atoms with E-state index in [0.717, 1.165) is 37.2 Å². The summed E-state index contributed by atoms with van der Waals surface area (Å²) in [6, 6.07) is 26.4. The maximum absolute atomic E-state index is 11.0. The van der Waals surface area contributed by atoms with Crippen LogP contribution in [0.3, 0.4) is 0 Å². The third-order valence-corrected chi connectivity index (χ3v) is 5.46. The minimum atomic E-state index is -0.893. The standard InChI is InChI=1S/C27H31NO2/c1-2-3-7-19-28(20-18-22-8-5-4-6-9-22)21-23-10-12-24(13-11-23)25-14-16-26(17-15-25)27(29)30/h4-6,8-17H,2-3,7,18-21H2,1H3,(H,29,30). The zero-order chi connectivity index (χ0) is 21.2. The molecule has 30 heavy (non-hydrogen) atoms. The number of aromatic carboxylic acids is 1. The highest BCUT2D eigenvalue weighted by molar-refractivity contribution is 5.88. The van der Waals surface area contributed by atoms with E-state index < -0.39 is 5.97 Å². The molecule has 156 valence electrons. The second kappa shape index (κ2) is 11.3. The van der Waals surface area contributed by atoms with Crippen LogP contribution < -0.4 is 0 Å². The highest BCUT2D eigenvalue weighted by Crippen LogP contribution is 2.21. The molecule has 3 rings (SSSR count). The molecule has 0 aliphatic rings. The molecule has 0 unspecified atom stereocenters. The SMILES string of the molecule is CCCCCN(CCc1ccccc1)Cc1ccc(-c2ccc(C(=O)O)cc2)cc1. The topological polar surface area (TPSA) is 40.5 Å². The average Bonchev–Trinajstić information content (AvgIpc) is 2.79. The van der Waals surface area contributed by atoms with Gasteiger partial charge in [0.2, 0.25) is 0 Å². The minimum absolute atomic E-state index is 0.316. The molecule has 0 heterocycles. The van der Waals surface area contributed by atoms with Gasteiger partial charge in [-0.15, -0.1) is 0 Å². The Bertz CT molecular complexity index is 902. The number of hydrogen-bond donors (Lipinski definition) is 1.